The number of ether oxygens (including phenoxy) is 1. The van der Waals surface area contributed by atoms with Crippen molar-refractivity contribution in [2.75, 3.05) is 13.7 Å². The first-order chi connectivity index (χ1) is 10.3. The largest absolute Gasteiger partial charge is 0.469 e. The first-order valence-electron chi connectivity index (χ1n) is 7.59. The van der Waals surface area contributed by atoms with Gasteiger partial charge in [0.15, 0.2) is 0 Å². The molecule has 3 nitrogen and oxygen atoms in total. The van der Waals surface area contributed by atoms with E-state index < -0.39 is 0 Å². The van der Waals surface area contributed by atoms with E-state index in [9.17, 15) is 4.79 Å². The number of piperidine rings is 1. The van der Waals surface area contributed by atoms with E-state index in [1.54, 1.807) is 0 Å². The summed E-state index contributed by atoms with van der Waals surface area (Å²) in [6.45, 7) is 0.978. The highest BCUT2D eigenvalue weighted by Gasteiger charge is 2.31. The van der Waals surface area contributed by atoms with Crippen molar-refractivity contribution in [3.63, 3.8) is 0 Å². The third-order valence-corrected chi connectivity index (χ3v) is 4.34. The van der Waals surface area contributed by atoms with E-state index in [0.29, 0.717) is 0 Å². The van der Waals surface area contributed by atoms with Gasteiger partial charge in [-0.3, -0.25) is 4.79 Å². The lowest BCUT2D eigenvalue weighted by atomic mass is 9.85. The lowest BCUT2D eigenvalue weighted by Gasteiger charge is -2.30. The molecular weight excluding hydrogens is 262 g/mol. The van der Waals surface area contributed by atoms with E-state index in [2.05, 4.69) is 35.6 Å². The summed E-state index contributed by atoms with van der Waals surface area (Å²) >= 11 is 0. The Bertz CT molecular complexity index is 632. The van der Waals surface area contributed by atoms with E-state index in [1.807, 2.05) is 12.1 Å². The Balaban J connectivity index is 1.98. The van der Waals surface area contributed by atoms with Crippen LogP contribution in [0.4, 0.5) is 0 Å². The molecule has 3 heteroatoms. The molecule has 1 fully saturated rings. The van der Waals surface area contributed by atoms with Gasteiger partial charge in [-0.2, -0.15) is 0 Å². The van der Waals surface area contributed by atoms with Crippen molar-refractivity contribution in [2.45, 2.75) is 31.2 Å². The number of carbonyl (C=O) groups excluding carboxylic acids is 1. The lowest BCUT2D eigenvalue weighted by molar-refractivity contribution is -0.143. The number of rotatable bonds is 3. The van der Waals surface area contributed by atoms with Crippen LogP contribution in [-0.4, -0.2) is 25.7 Å². The fourth-order valence-electron chi connectivity index (χ4n) is 3.22. The molecule has 1 aliphatic rings. The van der Waals surface area contributed by atoms with Gasteiger partial charge in [-0.15, -0.1) is 0 Å². The van der Waals surface area contributed by atoms with Crippen molar-refractivity contribution >= 4 is 16.7 Å². The first kappa shape index (κ1) is 14.1. The molecule has 1 N–H and O–H groups in total. The zero-order chi connectivity index (χ0) is 14.7. The average Bonchev–Trinajstić information content (AvgIpc) is 2.56. The number of fused-ring (bicyclic) bond motifs is 1. The van der Waals surface area contributed by atoms with Crippen LogP contribution in [0, 0.1) is 0 Å². The summed E-state index contributed by atoms with van der Waals surface area (Å²) in [6.07, 6.45) is 3.37. The van der Waals surface area contributed by atoms with Crippen molar-refractivity contribution in [3.8, 4) is 0 Å². The summed E-state index contributed by atoms with van der Waals surface area (Å²) in [5.41, 5.74) is 1.04. The zero-order valence-electron chi connectivity index (χ0n) is 12.3. The second kappa shape index (κ2) is 6.27. The summed E-state index contributed by atoms with van der Waals surface area (Å²) in [5.74, 6) is -0.371. The van der Waals surface area contributed by atoms with Crippen molar-refractivity contribution in [2.24, 2.45) is 0 Å². The Kier molecular flexibility index (Phi) is 4.20. The molecule has 110 valence electrons. The van der Waals surface area contributed by atoms with Gasteiger partial charge in [0.1, 0.15) is 0 Å². The second-order valence-electron chi connectivity index (χ2n) is 5.66. The van der Waals surface area contributed by atoms with Gasteiger partial charge in [-0.1, -0.05) is 48.9 Å². The predicted molar refractivity (Wildman–Crippen MR) is 84.3 cm³/mol. The molecule has 0 radical (unpaired) electrons. The van der Waals surface area contributed by atoms with Crippen molar-refractivity contribution in [1.82, 2.24) is 5.32 Å². The van der Waals surface area contributed by atoms with Gasteiger partial charge in [0.05, 0.1) is 13.0 Å². The highest BCUT2D eigenvalue weighted by Crippen LogP contribution is 2.29. The fraction of sp³-hybridized carbons (Fsp3) is 0.389. The Morgan fingerprint density at radius 3 is 2.71 bits per heavy atom. The van der Waals surface area contributed by atoms with Crippen LogP contribution in [0.5, 0.6) is 0 Å². The SMILES string of the molecule is COC(=O)[C@@H](c1ccc2ccccc2c1)[C@H]1CCCCN1. The molecular formula is C18H21NO2. The summed E-state index contributed by atoms with van der Waals surface area (Å²) in [4.78, 5) is 12.3. The number of methoxy groups -OCH3 is 1. The monoisotopic (exact) mass is 283 g/mol. The summed E-state index contributed by atoms with van der Waals surface area (Å²) in [7, 11) is 1.47. The molecule has 1 saturated heterocycles. The normalized spacial score (nSPS) is 20.1. The van der Waals surface area contributed by atoms with E-state index in [-0.39, 0.29) is 17.9 Å². The summed E-state index contributed by atoms with van der Waals surface area (Å²) in [6, 6.07) is 14.7. The van der Waals surface area contributed by atoms with Crippen LogP contribution in [-0.2, 0) is 9.53 Å². The van der Waals surface area contributed by atoms with E-state index in [4.69, 9.17) is 4.74 Å². The molecule has 1 aliphatic heterocycles. The molecule has 2 atom stereocenters. The quantitative estimate of drug-likeness (QED) is 0.879. The fourth-order valence-corrected chi connectivity index (χ4v) is 3.22. The van der Waals surface area contributed by atoms with Crippen LogP contribution in [0.25, 0.3) is 10.8 Å². The minimum Gasteiger partial charge on any atom is -0.469 e. The highest BCUT2D eigenvalue weighted by molar-refractivity contribution is 5.86. The molecule has 0 spiro atoms. The van der Waals surface area contributed by atoms with E-state index in [0.717, 1.165) is 18.5 Å². The molecule has 1 heterocycles. The average molecular weight is 283 g/mol. The van der Waals surface area contributed by atoms with Gasteiger partial charge in [-0.25, -0.2) is 0 Å². The van der Waals surface area contributed by atoms with Gasteiger partial charge >= 0.3 is 5.97 Å². The number of hydrogen-bond acceptors (Lipinski definition) is 3. The maximum atomic E-state index is 12.3. The molecule has 2 aromatic rings. The van der Waals surface area contributed by atoms with Crippen LogP contribution in [0.15, 0.2) is 42.5 Å². The van der Waals surface area contributed by atoms with Gasteiger partial charge in [0.2, 0.25) is 0 Å². The van der Waals surface area contributed by atoms with Crippen LogP contribution in [0.2, 0.25) is 0 Å². The number of hydrogen-bond donors (Lipinski definition) is 1. The third kappa shape index (κ3) is 2.93. The minimum atomic E-state index is -0.222. The maximum absolute atomic E-state index is 12.3. The van der Waals surface area contributed by atoms with Crippen molar-refractivity contribution in [3.05, 3.63) is 48.0 Å². The van der Waals surface area contributed by atoms with Gasteiger partial charge in [-0.05, 0) is 35.7 Å². The highest BCUT2D eigenvalue weighted by atomic mass is 16.5. The zero-order valence-corrected chi connectivity index (χ0v) is 12.3. The van der Waals surface area contributed by atoms with Crippen LogP contribution in [0.1, 0.15) is 30.7 Å². The number of esters is 1. The second-order valence-corrected chi connectivity index (χ2v) is 5.66. The van der Waals surface area contributed by atoms with E-state index >= 15 is 0 Å². The molecule has 0 amide bonds. The first-order valence-corrected chi connectivity index (χ1v) is 7.59. The number of benzene rings is 2. The summed E-state index contributed by atoms with van der Waals surface area (Å²) in [5, 5.41) is 5.84. The smallest absolute Gasteiger partial charge is 0.314 e. The minimum absolute atomic E-state index is 0.148. The van der Waals surface area contributed by atoms with Gasteiger partial charge in [0.25, 0.3) is 0 Å². The Morgan fingerprint density at radius 2 is 2.00 bits per heavy atom. The van der Waals surface area contributed by atoms with E-state index in [1.165, 1.54) is 30.7 Å². The third-order valence-electron chi connectivity index (χ3n) is 4.34. The molecule has 3 rings (SSSR count). The van der Waals surface area contributed by atoms with Crippen LogP contribution >= 0.6 is 0 Å². The Labute approximate surface area is 125 Å². The molecule has 0 bridgehead atoms. The predicted octanol–water partition coefficient (Wildman–Crippen LogP) is 3.24. The van der Waals surface area contributed by atoms with Gasteiger partial charge in [0, 0.05) is 6.04 Å². The van der Waals surface area contributed by atoms with Crippen LogP contribution in [0.3, 0.4) is 0 Å². The molecule has 0 unspecified atom stereocenters. The van der Waals surface area contributed by atoms with Gasteiger partial charge < -0.3 is 10.1 Å². The molecule has 21 heavy (non-hydrogen) atoms. The molecule has 0 aromatic heterocycles. The summed E-state index contributed by atoms with van der Waals surface area (Å²) < 4.78 is 5.05. The topological polar surface area (TPSA) is 38.3 Å². The van der Waals surface area contributed by atoms with Crippen molar-refractivity contribution < 1.29 is 9.53 Å². The number of carbonyl (C=O) groups is 1. The van der Waals surface area contributed by atoms with Crippen molar-refractivity contribution in [1.29, 1.82) is 0 Å². The van der Waals surface area contributed by atoms with Crippen LogP contribution < -0.4 is 5.32 Å². The number of nitrogens with one attached hydrogen (secondary N) is 1. The Morgan fingerprint density at radius 1 is 1.19 bits per heavy atom. The molecule has 0 saturated carbocycles. The lowest BCUT2D eigenvalue weighted by Crippen LogP contribution is -2.42. The maximum Gasteiger partial charge on any atom is 0.314 e. The standard InChI is InChI=1S/C18H21NO2/c1-21-18(20)17(16-8-4-5-11-19-16)15-10-9-13-6-2-3-7-14(13)12-15/h2-3,6-7,9-10,12,16-17,19H,4-5,8,11H2,1H3/t16-,17+/m1/s1. The molecule has 2 aromatic carbocycles. The molecule has 0 aliphatic carbocycles. The Hall–Kier alpha value is -1.87.